The summed E-state index contributed by atoms with van der Waals surface area (Å²) in [5, 5.41) is 6.28. The zero-order valence-electron chi connectivity index (χ0n) is 15.3. The smallest absolute Gasteiger partial charge is 0.261 e. The van der Waals surface area contributed by atoms with E-state index in [9.17, 15) is 17.6 Å². The first-order valence-electron chi connectivity index (χ1n) is 8.76. The minimum absolute atomic E-state index is 0. The van der Waals surface area contributed by atoms with Crippen LogP contribution in [0.1, 0.15) is 30.1 Å². The van der Waals surface area contributed by atoms with Crippen molar-refractivity contribution >= 4 is 34.0 Å². The molecule has 28 heavy (non-hydrogen) atoms. The van der Waals surface area contributed by atoms with Crippen LogP contribution in [0.15, 0.2) is 53.4 Å². The lowest BCUT2D eigenvalue weighted by atomic mass is 10.0. The van der Waals surface area contributed by atoms with Gasteiger partial charge in [0.15, 0.2) is 0 Å². The highest BCUT2D eigenvalue weighted by molar-refractivity contribution is 7.92. The van der Waals surface area contributed by atoms with Crippen molar-refractivity contribution in [3.05, 3.63) is 59.9 Å². The van der Waals surface area contributed by atoms with Gasteiger partial charge in [-0.15, -0.1) is 12.4 Å². The third-order valence-electron chi connectivity index (χ3n) is 4.46. The van der Waals surface area contributed by atoms with Crippen molar-refractivity contribution in [2.45, 2.75) is 36.7 Å². The summed E-state index contributed by atoms with van der Waals surface area (Å²) in [4.78, 5) is 12.5. The molecule has 6 nitrogen and oxygen atoms in total. The zero-order chi connectivity index (χ0) is 19.4. The standard InChI is InChI=1S/C19H22FN3O3S.ClH/c1-13-11-17(9-10-21-13)22-19(24)14-3-2-4-18(12-14)27(25,26)23-16-7-5-15(20)6-8-16;/h2-8,12-13,17,21,23H,9-11H2,1H3,(H,22,24);1H. The van der Waals surface area contributed by atoms with Gasteiger partial charge in [-0.05, 0) is 68.8 Å². The molecule has 0 radical (unpaired) electrons. The molecule has 1 fully saturated rings. The van der Waals surface area contributed by atoms with Gasteiger partial charge in [0.2, 0.25) is 0 Å². The van der Waals surface area contributed by atoms with Crippen LogP contribution in [0.2, 0.25) is 0 Å². The van der Waals surface area contributed by atoms with E-state index in [1.165, 1.54) is 42.5 Å². The maximum atomic E-state index is 13.0. The van der Waals surface area contributed by atoms with Gasteiger partial charge in [0.05, 0.1) is 4.90 Å². The van der Waals surface area contributed by atoms with E-state index in [1.54, 1.807) is 6.07 Å². The van der Waals surface area contributed by atoms with Gasteiger partial charge in [0, 0.05) is 23.3 Å². The SMILES string of the molecule is CC1CC(NC(=O)c2cccc(S(=O)(=O)Nc3ccc(F)cc3)c2)CCN1.Cl. The fraction of sp³-hybridized carbons (Fsp3) is 0.316. The van der Waals surface area contributed by atoms with Crippen LogP contribution in [0.4, 0.5) is 10.1 Å². The van der Waals surface area contributed by atoms with Crippen molar-refractivity contribution in [3.63, 3.8) is 0 Å². The summed E-state index contributed by atoms with van der Waals surface area (Å²) in [6.45, 7) is 2.90. The maximum Gasteiger partial charge on any atom is 0.261 e. The molecule has 2 atom stereocenters. The Kier molecular flexibility index (Phi) is 7.40. The molecule has 1 heterocycles. The molecule has 2 aromatic rings. The van der Waals surface area contributed by atoms with Gasteiger partial charge >= 0.3 is 0 Å². The Bertz CT molecular complexity index is 922. The Labute approximate surface area is 170 Å². The lowest BCUT2D eigenvalue weighted by molar-refractivity contribution is 0.0925. The van der Waals surface area contributed by atoms with Crippen LogP contribution in [-0.2, 0) is 10.0 Å². The van der Waals surface area contributed by atoms with Crippen LogP contribution in [0.3, 0.4) is 0 Å². The number of halogens is 2. The number of carbonyl (C=O) groups excluding carboxylic acids is 1. The molecule has 1 aliphatic heterocycles. The lowest BCUT2D eigenvalue weighted by Gasteiger charge is -2.28. The largest absolute Gasteiger partial charge is 0.349 e. The normalized spacial score (nSPS) is 19.4. The molecule has 0 aliphatic carbocycles. The van der Waals surface area contributed by atoms with E-state index in [-0.39, 0.29) is 40.5 Å². The molecule has 9 heteroatoms. The number of nitrogens with one attached hydrogen (secondary N) is 3. The highest BCUT2D eigenvalue weighted by Crippen LogP contribution is 2.18. The number of amides is 1. The Hall–Kier alpha value is -2.16. The van der Waals surface area contributed by atoms with Crippen molar-refractivity contribution < 1.29 is 17.6 Å². The van der Waals surface area contributed by atoms with E-state index in [0.29, 0.717) is 6.04 Å². The van der Waals surface area contributed by atoms with Crippen LogP contribution in [0.25, 0.3) is 0 Å². The molecule has 0 saturated carbocycles. The molecule has 0 bridgehead atoms. The molecular formula is C19H23ClFN3O3S. The molecule has 2 unspecified atom stereocenters. The summed E-state index contributed by atoms with van der Waals surface area (Å²) >= 11 is 0. The fourth-order valence-corrected chi connectivity index (χ4v) is 4.17. The summed E-state index contributed by atoms with van der Waals surface area (Å²) in [7, 11) is -3.89. The average molecular weight is 428 g/mol. The van der Waals surface area contributed by atoms with Gasteiger partial charge in [-0.2, -0.15) is 0 Å². The van der Waals surface area contributed by atoms with Crippen molar-refractivity contribution in [2.24, 2.45) is 0 Å². The summed E-state index contributed by atoms with van der Waals surface area (Å²) in [6.07, 6.45) is 1.66. The second-order valence-corrected chi connectivity index (χ2v) is 8.37. The molecule has 0 aromatic heterocycles. The second kappa shape index (κ2) is 9.36. The van der Waals surface area contributed by atoms with Gasteiger partial charge in [-0.25, -0.2) is 12.8 Å². The molecule has 2 aromatic carbocycles. The predicted molar refractivity (Wildman–Crippen MR) is 109 cm³/mol. The van der Waals surface area contributed by atoms with E-state index < -0.39 is 15.8 Å². The van der Waals surface area contributed by atoms with Gasteiger partial charge < -0.3 is 10.6 Å². The van der Waals surface area contributed by atoms with E-state index in [1.807, 2.05) is 0 Å². The van der Waals surface area contributed by atoms with Crippen molar-refractivity contribution in [2.75, 3.05) is 11.3 Å². The van der Waals surface area contributed by atoms with Gasteiger partial charge in [-0.1, -0.05) is 6.07 Å². The Morgan fingerprint density at radius 3 is 2.57 bits per heavy atom. The number of hydrogen-bond donors (Lipinski definition) is 3. The second-order valence-electron chi connectivity index (χ2n) is 6.69. The third-order valence-corrected chi connectivity index (χ3v) is 5.84. The van der Waals surface area contributed by atoms with Crippen LogP contribution in [0.5, 0.6) is 0 Å². The summed E-state index contributed by atoms with van der Waals surface area (Å²) in [5.74, 6) is -0.753. The first-order chi connectivity index (χ1) is 12.8. The van der Waals surface area contributed by atoms with Gasteiger partial charge in [0.25, 0.3) is 15.9 Å². The Morgan fingerprint density at radius 2 is 1.89 bits per heavy atom. The number of piperidine rings is 1. The fourth-order valence-electron chi connectivity index (χ4n) is 3.07. The van der Waals surface area contributed by atoms with Gasteiger partial charge in [0.1, 0.15) is 5.82 Å². The van der Waals surface area contributed by atoms with Crippen LogP contribution >= 0.6 is 12.4 Å². The van der Waals surface area contributed by atoms with E-state index in [4.69, 9.17) is 0 Å². The van der Waals surface area contributed by atoms with E-state index in [0.717, 1.165) is 19.4 Å². The number of sulfonamides is 1. The van der Waals surface area contributed by atoms with Crippen LogP contribution in [0, 0.1) is 5.82 Å². The minimum Gasteiger partial charge on any atom is -0.349 e. The number of benzene rings is 2. The topological polar surface area (TPSA) is 87.3 Å². The average Bonchev–Trinajstić information content (AvgIpc) is 2.63. The summed E-state index contributed by atoms with van der Waals surface area (Å²) < 4.78 is 40.5. The molecule has 152 valence electrons. The Balaban J connectivity index is 0.00000280. The molecule has 3 N–H and O–H groups in total. The molecule has 0 spiro atoms. The van der Waals surface area contributed by atoms with Crippen molar-refractivity contribution in [1.29, 1.82) is 0 Å². The molecule has 3 rings (SSSR count). The molecular weight excluding hydrogens is 405 g/mol. The minimum atomic E-state index is -3.89. The highest BCUT2D eigenvalue weighted by Gasteiger charge is 2.22. The number of rotatable bonds is 5. The predicted octanol–water partition coefficient (Wildman–Crippen LogP) is 2.92. The lowest BCUT2D eigenvalue weighted by Crippen LogP contribution is -2.46. The molecule has 1 amide bonds. The number of hydrogen-bond acceptors (Lipinski definition) is 4. The molecule has 1 saturated heterocycles. The van der Waals surface area contributed by atoms with Gasteiger partial charge in [-0.3, -0.25) is 9.52 Å². The number of anilines is 1. The third kappa shape index (κ3) is 5.67. The molecule has 1 aliphatic rings. The first kappa shape index (κ1) is 22.1. The van der Waals surface area contributed by atoms with Crippen molar-refractivity contribution in [1.82, 2.24) is 10.6 Å². The van der Waals surface area contributed by atoms with Crippen LogP contribution < -0.4 is 15.4 Å². The summed E-state index contributed by atoms with van der Waals surface area (Å²) in [6, 6.07) is 11.3. The summed E-state index contributed by atoms with van der Waals surface area (Å²) in [5.41, 5.74) is 0.526. The maximum absolute atomic E-state index is 13.0. The van der Waals surface area contributed by atoms with Crippen LogP contribution in [-0.4, -0.2) is 33.0 Å². The number of carbonyl (C=O) groups is 1. The highest BCUT2D eigenvalue weighted by atomic mass is 35.5. The zero-order valence-corrected chi connectivity index (χ0v) is 16.9. The quantitative estimate of drug-likeness (QED) is 0.684. The van der Waals surface area contributed by atoms with E-state index in [2.05, 4.69) is 22.3 Å². The Morgan fingerprint density at radius 1 is 1.18 bits per heavy atom. The van der Waals surface area contributed by atoms with Crippen molar-refractivity contribution in [3.8, 4) is 0 Å². The monoisotopic (exact) mass is 427 g/mol. The first-order valence-corrected chi connectivity index (χ1v) is 10.2. The van der Waals surface area contributed by atoms with E-state index >= 15 is 0 Å².